The molecule has 0 atom stereocenters. The number of rotatable bonds is 0. The Morgan fingerprint density at radius 3 is 1.60 bits per heavy atom. The molecule has 0 nitrogen and oxygen atoms in total. The fraction of sp³-hybridized carbons (Fsp3) is 0. The van der Waals surface area contributed by atoms with Crippen molar-refractivity contribution in [2.24, 2.45) is 0 Å². The van der Waals surface area contributed by atoms with Gasteiger partial charge in [-0.05, 0) is 0 Å². The molecule has 5 heavy (non-hydrogen) atoms. The minimum absolute atomic E-state index is 0.0278. The zero-order valence-electron chi connectivity index (χ0n) is 2.75. The molecule has 0 aliphatic heterocycles. The molecule has 0 saturated carbocycles. The summed E-state index contributed by atoms with van der Waals surface area (Å²) in [6.45, 7) is 6.00. The van der Waals surface area contributed by atoms with Crippen molar-refractivity contribution < 1.29 is 4.39 Å². The first kappa shape index (κ1) is 8.88. The summed E-state index contributed by atoms with van der Waals surface area (Å²) in [4.78, 5) is 0. The molecule has 1 radical (unpaired) electrons. The van der Waals surface area contributed by atoms with Gasteiger partial charge in [0, 0.05) is 0 Å². The van der Waals surface area contributed by atoms with Crippen LogP contribution in [0.4, 0.5) is 4.39 Å². The molecular weight excluding hydrogens is 90.5 g/mol. The van der Waals surface area contributed by atoms with E-state index in [1.165, 1.54) is 0 Å². The van der Waals surface area contributed by atoms with Crippen molar-refractivity contribution in [2.75, 3.05) is 0 Å². The second-order valence-electron chi connectivity index (χ2n) is 0.0825. The van der Waals surface area contributed by atoms with Crippen molar-refractivity contribution in [2.45, 2.75) is 0 Å². The average molecular weight is 95.5 g/mol. The highest BCUT2D eigenvalue weighted by atomic mass is 35.5. The Labute approximate surface area is 36.3 Å². The predicted molar refractivity (Wildman–Crippen MR) is 22.5 cm³/mol. The fourth-order valence-electron chi connectivity index (χ4n) is 0. The Bertz CT molecular complexity index is 10.9. The van der Waals surface area contributed by atoms with E-state index in [1.54, 1.807) is 0 Å². The van der Waals surface area contributed by atoms with Crippen LogP contribution in [0.5, 0.6) is 0 Å². The van der Waals surface area contributed by atoms with E-state index in [2.05, 4.69) is 24.8 Å². The maximum absolute atomic E-state index is 9.93. The molecule has 0 rings (SSSR count). The minimum Gasteiger partial charge on any atom is -0.225 e. The SMILES string of the molecule is C=C.F[CH]Cl. The minimum atomic E-state index is -0.0278. The first-order valence-electron chi connectivity index (χ1n) is 0.936. The van der Waals surface area contributed by atoms with Gasteiger partial charge in [0.2, 0.25) is 6.13 Å². The van der Waals surface area contributed by atoms with Gasteiger partial charge in [-0.1, -0.05) is 11.6 Å². The molecule has 0 aromatic rings. The lowest BCUT2D eigenvalue weighted by Gasteiger charge is -1.40. The quantitative estimate of drug-likeness (QED) is 0.404. The average Bonchev–Trinajstić information content (AvgIpc) is 1.46. The Hall–Kier alpha value is -0.0400. The first-order valence-corrected chi connectivity index (χ1v) is 1.37. The summed E-state index contributed by atoms with van der Waals surface area (Å²) < 4.78 is 9.93. The monoisotopic (exact) mass is 95.0 g/mol. The smallest absolute Gasteiger partial charge is 0.218 e. The molecule has 0 aliphatic carbocycles. The summed E-state index contributed by atoms with van der Waals surface area (Å²) >= 11 is 4.21. The summed E-state index contributed by atoms with van der Waals surface area (Å²) in [5, 5.41) is 0. The molecule has 31 valence electrons. The molecule has 0 bridgehead atoms. The standard InChI is InChI=1S/C2H4.CHClF/c1-2;2-1-3/h1-2H2;1H. The van der Waals surface area contributed by atoms with E-state index in [0.29, 0.717) is 0 Å². The van der Waals surface area contributed by atoms with Crippen LogP contribution in [0.2, 0.25) is 0 Å². The number of halogens is 2. The van der Waals surface area contributed by atoms with Gasteiger partial charge in [-0.15, -0.1) is 13.2 Å². The van der Waals surface area contributed by atoms with Crippen molar-refractivity contribution in [1.82, 2.24) is 0 Å². The Kier molecular flexibility index (Phi) is 66.8. The van der Waals surface area contributed by atoms with Crippen molar-refractivity contribution >= 4 is 11.6 Å². The molecular formula is C3H5ClF. The molecule has 0 spiro atoms. The van der Waals surface area contributed by atoms with Crippen molar-refractivity contribution in [1.29, 1.82) is 0 Å². The summed E-state index contributed by atoms with van der Waals surface area (Å²) in [6.07, 6.45) is -0.0278. The maximum Gasteiger partial charge on any atom is 0.218 e. The molecule has 0 N–H and O–H groups in total. The first-order chi connectivity index (χ1) is 2.41. The highest BCUT2D eigenvalue weighted by Gasteiger charge is 1.46. The zero-order valence-corrected chi connectivity index (χ0v) is 3.50. The molecule has 0 aliphatic rings. The fourth-order valence-corrected chi connectivity index (χ4v) is 0. The third kappa shape index (κ3) is 9510. The van der Waals surface area contributed by atoms with Gasteiger partial charge in [0.25, 0.3) is 0 Å². The van der Waals surface area contributed by atoms with E-state index in [1.807, 2.05) is 0 Å². The maximum atomic E-state index is 9.93. The number of hydrogen-bond acceptors (Lipinski definition) is 0. The lowest BCUT2D eigenvalue weighted by Crippen LogP contribution is -1.12. The second-order valence-corrected chi connectivity index (χ2v) is 0.247. The normalized spacial score (nSPS) is 4.40. The largest absolute Gasteiger partial charge is 0.225 e. The van der Waals surface area contributed by atoms with Gasteiger partial charge in [-0.3, -0.25) is 0 Å². The highest BCUT2D eigenvalue weighted by molar-refractivity contribution is 6.21. The molecule has 0 amide bonds. The lowest BCUT2D eigenvalue weighted by atomic mass is 11.3. The number of hydrogen-bond donors (Lipinski definition) is 0. The van der Waals surface area contributed by atoms with Crippen LogP contribution in [-0.4, -0.2) is 0 Å². The molecule has 0 saturated heterocycles. The van der Waals surface area contributed by atoms with Gasteiger partial charge < -0.3 is 0 Å². The van der Waals surface area contributed by atoms with E-state index in [-0.39, 0.29) is 6.13 Å². The molecule has 0 aromatic heterocycles. The summed E-state index contributed by atoms with van der Waals surface area (Å²) in [7, 11) is 0. The Morgan fingerprint density at radius 2 is 1.60 bits per heavy atom. The van der Waals surface area contributed by atoms with E-state index in [4.69, 9.17) is 0 Å². The van der Waals surface area contributed by atoms with Crippen LogP contribution in [0, 0.1) is 6.13 Å². The topological polar surface area (TPSA) is 0 Å². The van der Waals surface area contributed by atoms with Crippen LogP contribution in [0.3, 0.4) is 0 Å². The van der Waals surface area contributed by atoms with Gasteiger partial charge in [0.05, 0.1) is 0 Å². The van der Waals surface area contributed by atoms with Crippen molar-refractivity contribution in [3.8, 4) is 0 Å². The van der Waals surface area contributed by atoms with E-state index < -0.39 is 0 Å². The highest BCUT2D eigenvalue weighted by Crippen LogP contribution is 1.76. The Morgan fingerprint density at radius 1 is 1.60 bits per heavy atom. The van der Waals surface area contributed by atoms with Gasteiger partial charge in [0.1, 0.15) is 0 Å². The molecule has 0 fully saturated rings. The van der Waals surface area contributed by atoms with Crippen molar-refractivity contribution in [3.05, 3.63) is 19.3 Å². The van der Waals surface area contributed by atoms with Gasteiger partial charge in [0.15, 0.2) is 0 Å². The third-order valence-corrected chi connectivity index (χ3v) is 0. The molecule has 0 unspecified atom stereocenters. The summed E-state index contributed by atoms with van der Waals surface area (Å²) in [6, 6.07) is 0. The van der Waals surface area contributed by atoms with Crippen molar-refractivity contribution in [3.63, 3.8) is 0 Å². The van der Waals surface area contributed by atoms with Crippen LogP contribution >= 0.6 is 11.6 Å². The summed E-state index contributed by atoms with van der Waals surface area (Å²) in [5.74, 6) is 0. The van der Waals surface area contributed by atoms with Gasteiger partial charge >= 0.3 is 0 Å². The lowest BCUT2D eigenvalue weighted by molar-refractivity contribution is 0.685. The van der Waals surface area contributed by atoms with Crippen LogP contribution in [-0.2, 0) is 0 Å². The Balaban J connectivity index is 0. The summed E-state index contributed by atoms with van der Waals surface area (Å²) in [5.41, 5.74) is 0. The molecule has 0 heterocycles. The van der Waals surface area contributed by atoms with Crippen LogP contribution < -0.4 is 0 Å². The van der Waals surface area contributed by atoms with E-state index >= 15 is 0 Å². The molecule has 0 aromatic carbocycles. The van der Waals surface area contributed by atoms with E-state index in [9.17, 15) is 4.39 Å². The third-order valence-electron chi connectivity index (χ3n) is 0. The van der Waals surface area contributed by atoms with Crippen LogP contribution in [0.15, 0.2) is 13.2 Å². The predicted octanol–water partition coefficient (Wildman–Crippen LogP) is 2.12. The zero-order chi connectivity index (χ0) is 4.71. The van der Waals surface area contributed by atoms with Gasteiger partial charge in [-0.2, -0.15) is 0 Å². The molecule has 2 heteroatoms. The van der Waals surface area contributed by atoms with Crippen LogP contribution in [0.1, 0.15) is 0 Å². The second kappa shape index (κ2) is 37.6. The van der Waals surface area contributed by atoms with Crippen LogP contribution in [0.25, 0.3) is 0 Å². The van der Waals surface area contributed by atoms with Gasteiger partial charge in [-0.25, -0.2) is 4.39 Å². The van der Waals surface area contributed by atoms with E-state index in [0.717, 1.165) is 0 Å².